The van der Waals surface area contributed by atoms with E-state index in [0.29, 0.717) is 37.4 Å². The minimum absolute atomic E-state index is 0.0783. The Labute approximate surface area is 141 Å². The number of nitrogens with zero attached hydrogens (tertiary/aromatic N) is 1. The Balaban J connectivity index is 1.54. The van der Waals surface area contributed by atoms with Crippen LogP contribution in [0.25, 0.3) is 6.08 Å². The zero-order chi connectivity index (χ0) is 17.2. The van der Waals surface area contributed by atoms with Crippen molar-refractivity contribution in [1.82, 2.24) is 9.62 Å². The molecule has 24 heavy (non-hydrogen) atoms. The van der Waals surface area contributed by atoms with Crippen molar-refractivity contribution >= 4 is 22.0 Å². The second-order valence-electron chi connectivity index (χ2n) is 5.94. The van der Waals surface area contributed by atoms with Crippen LogP contribution in [0.15, 0.2) is 24.3 Å². The lowest BCUT2D eigenvalue weighted by Gasteiger charge is -2.31. The molecule has 0 spiro atoms. The van der Waals surface area contributed by atoms with Crippen LogP contribution in [0.1, 0.15) is 18.4 Å². The molecule has 0 bridgehead atoms. The van der Waals surface area contributed by atoms with Gasteiger partial charge in [0.15, 0.2) is 11.5 Å². The van der Waals surface area contributed by atoms with E-state index in [2.05, 4.69) is 4.72 Å². The van der Waals surface area contributed by atoms with E-state index in [9.17, 15) is 13.2 Å². The highest BCUT2D eigenvalue weighted by Gasteiger charge is 2.23. The van der Waals surface area contributed by atoms with Crippen LogP contribution in [-0.2, 0) is 14.8 Å². The lowest BCUT2D eigenvalue weighted by molar-refractivity contribution is -0.126. The average Bonchev–Trinajstić information content (AvgIpc) is 2.99. The van der Waals surface area contributed by atoms with Crippen LogP contribution in [0.4, 0.5) is 0 Å². The molecule has 2 aliphatic heterocycles. The van der Waals surface area contributed by atoms with Gasteiger partial charge < -0.3 is 14.4 Å². The summed E-state index contributed by atoms with van der Waals surface area (Å²) in [6.07, 6.45) is 5.67. The Bertz CT molecular complexity index is 752. The molecule has 8 heteroatoms. The van der Waals surface area contributed by atoms with Gasteiger partial charge in [-0.2, -0.15) is 0 Å². The molecule has 0 unspecified atom stereocenters. The van der Waals surface area contributed by atoms with Gasteiger partial charge in [0.05, 0.1) is 6.26 Å². The van der Waals surface area contributed by atoms with E-state index < -0.39 is 10.0 Å². The second kappa shape index (κ2) is 6.82. The van der Waals surface area contributed by atoms with E-state index in [-0.39, 0.29) is 18.7 Å². The molecule has 1 N–H and O–H groups in total. The number of sulfonamides is 1. The maximum Gasteiger partial charge on any atom is 0.246 e. The molecule has 1 aromatic carbocycles. The van der Waals surface area contributed by atoms with Crippen LogP contribution in [0.2, 0.25) is 0 Å². The zero-order valence-electron chi connectivity index (χ0n) is 13.4. The quantitative estimate of drug-likeness (QED) is 0.816. The van der Waals surface area contributed by atoms with Gasteiger partial charge in [-0.15, -0.1) is 0 Å². The number of likely N-dealkylation sites (tertiary alicyclic amines) is 1. The van der Waals surface area contributed by atoms with Gasteiger partial charge in [0.1, 0.15) is 0 Å². The van der Waals surface area contributed by atoms with E-state index in [1.807, 2.05) is 18.2 Å². The van der Waals surface area contributed by atoms with Crippen LogP contribution in [0, 0.1) is 0 Å². The number of ether oxygens (including phenoxy) is 2. The number of hydrogen-bond acceptors (Lipinski definition) is 5. The fourth-order valence-electron chi connectivity index (χ4n) is 2.81. The number of hydrogen-bond donors (Lipinski definition) is 1. The van der Waals surface area contributed by atoms with Crippen molar-refractivity contribution in [3.8, 4) is 11.5 Å². The molecule has 1 aromatic rings. The predicted molar refractivity (Wildman–Crippen MR) is 89.2 cm³/mol. The second-order valence-corrected chi connectivity index (χ2v) is 7.72. The highest BCUT2D eigenvalue weighted by Crippen LogP contribution is 2.32. The van der Waals surface area contributed by atoms with Crippen molar-refractivity contribution in [2.24, 2.45) is 0 Å². The van der Waals surface area contributed by atoms with Crippen molar-refractivity contribution < 1.29 is 22.7 Å². The summed E-state index contributed by atoms with van der Waals surface area (Å²) in [4.78, 5) is 14.0. The van der Waals surface area contributed by atoms with Gasteiger partial charge in [0, 0.05) is 25.2 Å². The average molecular weight is 352 g/mol. The molecule has 1 fully saturated rings. The van der Waals surface area contributed by atoms with Gasteiger partial charge >= 0.3 is 0 Å². The molecule has 2 heterocycles. The van der Waals surface area contributed by atoms with Crippen LogP contribution >= 0.6 is 0 Å². The molecule has 1 saturated heterocycles. The van der Waals surface area contributed by atoms with Gasteiger partial charge in [-0.25, -0.2) is 13.1 Å². The van der Waals surface area contributed by atoms with Crippen molar-refractivity contribution in [3.05, 3.63) is 29.8 Å². The molecule has 0 aliphatic carbocycles. The van der Waals surface area contributed by atoms with Gasteiger partial charge in [-0.05, 0) is 36.6 Å². The van der Waals surface area contributed by atoms with Gasteiger partial charge in [-0.1, -0.05) is 6.07 Å². The fourth-order valence-corrected chi connectivity index (χ4v) is 3.65. The molecule has 1 amide bonds. The Morgan fingerprint density at radius 3 is 2.67 bits per heavy atom. The summed E-state index contributed by atoms with van der Waals surface area (Å²) in [5, 5.41) is 0. The molecule has 3 rings (SSSR count). The van der Waals surface area contributed by atoms with Crippen LogP contribution < -0.4 is 14.2 Å². The molecule has 0 atom stereocenters. The van der Waals surface area contributed by atoms with Crippen molar-refractivity contribution in [1.29, 1.82) is 0 Å². The minimum atomic E-state index is -3.20. The summed E-state index contributed by atoms with van der Waals surface area (Å²) >= 11 is 0. The SMILES string of the molecule is CS(=O)(=O)NC1CCN(C(=O)C=Cc2ccc3c(c2)OCO3)CC1. The number of fused-ring (bicyclic) bond motifs is 1. The van der Waals surface area contributed by atoms with Gasteiger partial charge in [0.2, 0.25) is 22.7 Å². The maximum atomic E-state index is 12.2. The Morgan fingerprint density at radius 1 is 1.25 bits per heavy atom. The van der Waals surface area contributed by atoms with E-state index in [1.165, 1.54) is 6.08 Å². The van der Waals surface area contributed by atoms with E-state index in [0.717, 1.165) is 11.8 Å². The number of benzene rings is 1. The predicted octanol–water partition coefficient (Wildman–Crippen LogP) is 0.969. The third-order valence-corrected chi connectivity index (χ3v) is 4.76. The normalized spacial score (nSPS) is 18.3. The monoisotopic (exact) mass is 352 g/mol. The maximum absolute atomic E-state index is 12.2. The third-order valence-electron chi connectivity index (χ3n) is 4.00. The fraction of sp³-hybridized carbons (Fsp3) is 0.438. The first-order valence-corrected chi connectivity index (χ1v) is 9.64. The van der Waals surface area contributed by atoms with Gasteiger partial charge in [-0.3, -0.25) is 4.79 Å². The van der Waals surface area contributed by atoms with E-state index in [4.69, 9.17) is 9.47 Å². The molecule has 0 saturated carbocycles. The van der Waals surface area contributed by atoms with Crippen LogP contribution in [0.3, 0.4) is 0 Å². The molecule has 130 valence electrons. The number of amides is 1. The summed E-state index contributed by atoms with van der Waals surface area (Å²) in [5.41, 5.74) is 0.862. The van der Waals surface area contributed by atoms with Crippen molar-refractivity contribution in [2.75, 3.05) is 26.1 Å². The lowest BCUT2D eigenvalue weighted by atomic mass is 10.1. The number of carbonyl (C=O) groups is 1. The highest BCUT2D eigenvalue weighted by molar-refractivity contribution is 7.88. The zero-order valence-corrected chi connectivity index (χ0v) is 14.2. The Morgan fingerprint density at radius 2 is 1.96 bits per heavy atom. The van der Waals surface area contributed by atoms with E-state index in [1.54, 1.807) is 11.0 Å². The standard InChI is InChI=1S/C16H20N2O5S/c1-24(20,21)17-13-6-8-18(9-7-13)16(19)5-3-12-2-4-14-15(10-12)23-11-22-14/h2-5,10,13,17H,6-9,11H2,1H3. The summed E-state index contributed by atoms with van der Waals surface area (Å²) < 4.78 is 35.6. The molecule has 2 aliphatic rings. The number of carbonyl (C=O) groups excluding carboxylic acids is 1. The molecular formula is C16H20N2O5S. The Kier molecular flexibility index (Phi) is 4.77. The summed E-state index contributed by atoms with van der Waals surface area (Å²) in [6.45, 7) is 1.30. The highest BCUT2D eigenvalue weighted by atomic mass is 32.2. The first-order chi connectivity index (χ1) is 11.4. The summed E-state index contributed by atoms with van der Waals surface area (Å²) in [5.74, 6) is 1.31. The van der Waals surface area contributed by atoms with Crippen molar-refractivity contribution in [2.45, 2.75) is 18.9 Å². The van der Waals surface area contributed by atoms with Gasteiger partial charge in [0.25, 0.3) is 0 Å². The molecular weight excluding hydrogens is 332 g/mol. The smallest absolute Gasteiger partial charge is 0.246 e. The number of rotatable bonds is 4. The first-order valence-electron chi connectivity index (χ1n) is 7.75. The molecule has 0 aromatic heterocycles. The third kappa shape index (κ3) is 4.27. The summed E-state index contributed by atoms with van der Waals surface area (Å²) in [7, 11) is -3.20. The van der Waals surface area contributed by atoms with Crippen LogP contribution in [-0.4, -0.2) is 51.4 Å². The topological polar surface area (TPSA) is 84.9 Å². The molecule has 0 radical (unpaired) electrons. The molecule has 7 nitrogen and oxygen atoms in total. The largest absolute Gasteiger partial charge is 0.454 e. The first kappa shape index (κ1) is 16.8. The van der Waals surface area contributed by atoms with E-state index >= 15 is 0 Å². The van der Waals surface area contributed by atoms with Crippen LogP contribution in [0.5, 0.6) is 11.5 Å². The summed E-state index contributed by atoms with van der Waals surface area (Å²) in [6, 6.07) is 5.41. The number of nitrogens with one attached hydrogen (secondary N) is 1. The Hall–Kier alpha value is -2.06. The minimum Gasteiger partial charge on any atom is -0.454 e. The number of piperidine rings is 1. The lowest BCUT2D eigenvalue weighted by Crippen LogP contribution is -2.45. The van der Waals surface area contributed by atoms with Crippen molar-refractivity contribution in [3.63, 3.8) is 0 Å².